The van der Waals surface area contributed by atoms with Crippen LogP contribution in [-0.4, -0.2) is 33.0 Å². The van der Waals surface area contributed by atoms with Crippen molar-refractivity contribution in [3.8, 4) is 0 Å². The van der Waals surface area contributed by atoms with E-state index in [1.165, 1.54) is 12.8 Å². The molecule has 16 heavy (non-hydrogen) atoms. The minimum atomic E-state index is -2.73. The molecule has 2 rings (SSSR count). The molecular weight excluding hydrogens is 222 g/mol. The Labute approximate surface area is 98.9 Å². The lowest BCUT2D eigenvalue weighted by atomic mass is 9.65. The van der Waals surface area contributed by atoms with Crippen LogP contribution in [0.4, 0.5) is 0 Å². The van der Waals surface area contributed by atoms with Gasteiger partial charge < -0.3 is 5.32 Å². The molecular formula is C12H23NO2S. The molecule has 0 aliphatic carbocycles. The van der Waals surface area contributed by atoms with Gasteiger partial charge in [-0.25, -0.2) is 8.42 Å². The molecule has 0 spiro atoms. The van der Waals surface area contributed by atoms with E-state index in [2.05, 4.69) is 19.2 Å². The van der Waals surface area contributed by atoms with Gasteiger partial charge in [0.15, 0.2) is 9.84 Å². The molecule has 0 aromatic carbocycles. The molecule has 0 radical (unpaired) electrons. The van der Waals surface area contributed by atoms with Gasteiger partial charge in [-0.1, -0.05) is 20.3 Å². The Hall–Kier alpha value is -0.0900. The minimum Gasteiger partial charge on any atom is -0.316 e. The quantitative estimate of drug-likeness (QED) is 0.815. The molecule has 2 aliphatic heterocycles. The molecule has 0 bridgehead atoms. The van der Waals surface area contributed by atoms with E-state index in [9.17, 15) is 8.42 Å². The monoisotopic (exact) mass is 245 g/mol. The summed E-state index contributed by atoms with van der Waals surface area (Å²) >= 11 is 0. The van der Waals surface area contributed by atoms with E-state index in [4.69, 9.17) is 0 Å². The first kappa shape index (κ1) is 12.4. The first-order chi connectivity index (χ1) is 7.47. The lowest BCUT2D eigenvalue weighted by Gasteiger charge is -2.48. The second kappa shape index (κ2) is 4.30. The minimum absolute atomic E-state index is 0.291. The van der Waals surface area contributed by atoms with Crippen molar-refractivity contribution in [2.45, 2.75) is 33.1 Å². The lowest BCUT2D eigenvalue weighted by molar-refractivity contribution is 0.0612. The Kier molecular flexibility index (Phi) is 3.32. The van der Waals surface area contributed by atoms with E-state index in [1.54, 1.807) is 0 Å². The third-order valence-electron chi connectivity index (χ3n) is 4.50. The van der Waals surface area contributed by atoms with Gasteiger partial charge in [-0.3, -0.25) is 0 Å². The van der Waals surface area contributed by atoms with Crippen molar-refractivity contribution in [3.05, 3.63) is 0 Å². The van der Waals surface area contributed by atoms with E-state index in [0.29, 0.717) is 28.8 Å². The molecule has 2 atom stereocenters. The third-order valence-corrected chi connectivity index (χ3v) is 6.27. The maximum Gasteiger partial charge on any atom is 0.150 e. The van der Waals surface area contributed by atoms with Crippen LogP contribution < -0.4 is 5.32 Å². The predicted octanol–water partition coefficient (Wildman–Crippen LogP) is 1.45. The summed E-state index contributed by atoms with van der Waals surface area (Å²) in [4.78, 5) is 0. The van der Waals surface area contributed by atoms with E-state index in [1.807, 2.05) is 0 Å². The first-order valence-electron chi connectivity index (χ1n) is 6.38. The normalized spacial score (nSPS) is 33.2. The largest absolute Gasteiger partial charge is 0.316 e. The summed E-state index contributed by atoms with van der Waals surface area (Å²) in [5.41, 5.74) is 0.291. The Morgan fingerprint density at radius 3 is 2.50 bits per heavy atom. The van der Waals surface area contributed by atoms with Crippen molar-refractivity contribution in [1.82, 2.24) is 5.32 Å². The average Bonchev–Trinajstić information content (AvgIpc) is 2.52. The van der Waals surface area contributed by atoms with Crippen LogP contribution in [0.15, 0.2) is 0 Å². The lowest BCUT2D eigenvalue weighted by Crippen LogP contribution is -2.58. The molecule has 94 valence electrons. The van der Waals surface area contributed by atoms with E-state index >= 15 is 0 Å². The summed E-state index contributed by atoms with van der Waals surface area (Å²) in [6.07, 6.45) is 3.28. The summed E-state index contributed by atoms with van der Waals surface area (Å²) < 4.78 is 23.1. The van der Waals surface area contributed by atoms with Crippen molar-refractivity contribution in [2.24, 2.45) is 17.3 Å². The first-order valence-corrected chi connectivity index (χ1v) is 8.21. The highest BCUT2D eigenvalue weighted by molar-refractivity contribution is 7.91. The fraction of sp³-hybridized carbons (Fsp3) is 1.00. The van der Waals surface area contributed by atoms with Crippen molar-refractivity contribution >= 4 is 9.84 Å². The molecule has 2 fully saturated rings. The van der Waals surface area contributed by atoms with E-state index in [-0.39, 0.29) is 0 Å². The Morgan fingerprint density at radius 1 is 1.44 bits per heavy atom. The van der Waals surface area contributed by atoms with Gasteiger partial charge in [0.25, 0.3) is 0 Å². The van der Waals surface area contributed by atoms with Crippen LogP contribution in [0, 0.1) is 17.3 Å². The molecule has 3 nitrogen and oxygen atoms in total. The van der Waals surface area contributed by atoms with Crippen molar-refractivity contribution < 1.29 is 8.42 Å². The summed E-state index contributed by atoms with van der Waals surface area (Å²) in [6, 6.07) is 0. The Balaban J connectivity index is 2.05. The fourth-order valence-electron chi connectivity index (χ4n) is 3.16. The molecule has 4 heteroatoms. The van der Waals surface area contributed by atoms with Crippen LogP contribution in [0.25, 0.3) is 0 Å². The second-order valence-electron chi connectivity index (χ2n) is 5.78. The Bertz CT molecular complexity index is 346. The van der Waals surface area contributed by atoms with Crippen LogP contribution in [0.1, 0.15) is 33.1 Å². The van der Waals surface area contributed by atoms with Gasteiger partial charge in [0.05, 0.1) is 11.5 Å². The van der Waals surface area contributed by atoms with Crippen LogP contribution in [0.5, 0.6) is 0 Å². The van der Waals surface area contributed by atoms with Crippen LogP contribution in [0.3, 0.4) is 0 Å². The Morgan fingerprint density at radius 2 is 2.12 bits per heavy atom. The highest BCUT2D eigenvalue weighted by atomic mass is 32.2. The number of hydrogen-bond donors (Lipinski definition) is 1. The molecule has 2 unspecified atom stereocenters. The van der Waals surface area contributed by atoms with Crippen molar-refractivity contribution in [1.29, 1.82) is 0 Å². The van der Waals surface area contributed by atoms with Gasteiger partial charge in [-0.15, -0.1) is 0 Å². The fourth-order valence-corrected chi connectivity index (χ4v) is 5.11. The van der Waals surface area contributed by atoms with E-state index in [0.717, 1.165) is 19.5 Å². The van der Waals surface area contributed by atoms with Gasteiger partial charge >= 0.3 is 0 Å². The van der Waals surface area contributed by atoms with Gasteiger partial charge in [-0.2, -0.15) is 0 Å². The third kappa shape index (κ3) is 2.28. The zero-order valence-corrected chi connectivity index (χ0v) is 11.1. The van der Waals surface area contributed by atoms with Crippen LogP contribution in [-0.2, 0) is 9.84 Å². The molecule has 1 N–H and O–H groups in total. The molecule has 2 aliphatic rings. The molecule has 0 aromatic heterocycles. The number of hydrogen-bond acceptors (Lipinski definition) is 3. The topological polar surface area (TPSA) is 46.2 Å². The SMILES string of the molecule is CCC(C)CC1(C2CCS(=O)(=O)C2)CNC1. The molecule has 2 saturated heterocycles. The molecule has 0 amide bonds. The van der Waals surface area contributed by atoms with E-state index < -0.39 is 9.84 Å². The highest BCUT2D eigenvalue weighted by Crippen LogP contribution is 2.44. The zero-order chi connectivity index (χ0) is 11.8. The van der Waals surface area contributed by atoms with Crippen LogP contribution >= 0.6 is 0 Å². The average molecular weight is 245 g/mol. The van der Waals surface area contributed by atoms with Crippen molar-refractivity contribution in [2.75, 3.05) is 24.6 Å². The summed E-state index contributed by atoms with van der Waals surface area (Å²) in [7, 11) is -2.73. The standard InChI is InChI=1S/C12H23NO2S/c1-3-10(2)6-12(8-13-9-12)11-4-5-16(14,15)7-11/h10-11,13H,3-9H2,1-2H3. The predicted molar refractivity (Wildman–Crippen MR) is 66.1 cm³/mol. The van der Waals surface area contributed by atoms with Crippen LogP contribution in [0.2, 0.25) is 0 Å². The van der Waals surface area contributed by atoms with Gasteiger partial charge in [0.2, 0.25) is 0 Å². The smallest absolute Gasteiger partial charge is 0.150 e. The van der Waals surface area contributed by atoms with Gasteiger partial charge in [0.1, 0.15) is 0 Å². The second-order valence-corrected chi connectivity index (χ2v) is 8.01. The zero-order valence-electron chi connectivity index (χ0n) is 10.3. The number of rotatable bonds is 4. The maximum absolute atomic E-state index is 11.6. The summed E-state index contributed by atoms with van der Waals surface area (Å²) in [6.45, 7) is 6.55. The van der Waals surface area contributed by atoms with Gasteiger partial charge in [0, 0.05) is 13.1 Å². The maximum atomic E-state index is 11.6. The number of nitrogens with one attached hydrogen (secondary N) is 1. The molecule has 0 aromatic rings. The van der Waals surface area contributed by atoms with Gasteiger partial charge in [-0.05, 0) is 30.1 Å². The highest BCUT2D eigenvalue weighted by Gasteiger charge is 2.48. The molecule has 2 heterocycles. The summed E-state index contributed by atoms with van der Waals surface area (Å²) in [5, 5.41) is 3.34. The molecule has 0 saturated carbocycles. The van der Waals surface area contributed by atoms with Crippen molar-refractivity contribution in [3.63, 3.8) is 0 Å². The summed E-state index contributed by atoms with van der Waals surface area (Å²) in [5.74, 6) is 1.98. The number of sulfone groups is 1.